The molecule has 2 heterocycles. The van der Waals surface area contributed by atoms with E-state index < -0.39 is 11.9 Å². The molecular weight excluding hydrogens is 432 g/mol. The van der Waals surface area contributed by atoms with Gasteiger partial charge in [-0.05, 0) is 43.3 Å². The van der Waals surface area contributed by atoms with E-state index in [-0.39, 0.29) is 24.8 Å². The summed E-state index contributed by atoms with van der Waals surface area (Å²) < 4.78 is 0. The summed E-state index contributed by atoms with van der Waals surface area (Å²) in [6.45, 7) is 5.58. The summed E-state index contributed by atoms with van der Waals surface area (Å²) >= 11 is 0. The number of anilines is 1. The lowest BCUT2D eigenvalue weighted by Gasteiger charge is -2.32. The molecule has 4 rings (SSSR count). The highest BCUT2D eigenvalue weighted by Crippen LogP contribution is 2.40. The number of carbonyl (C=O) groups is 3. The van der Waals surface area contributed by atoms with Gasteiger partial charge in [0.2, 0.25) is 5.91 Å². The van der Waals surface area contributed by atoms with Gasteiger partial charge in [-0.15, -0.1) is 0 Å². The van der Waals surface area contributed by atoms with Crippen molar-refractivity contribution in [2.75, 3.05) is 57.8 Å². The minimum Gasteiger partial charge on any atom is -0.481 e. The second kappa shape index (κ2) is 10.8. The summed E-state index contributed by atoms with van der Waals surface area (Å²) in [6, 6.07) is 14.4. The van der Waals surface area contributed by atoms with Crippen molar-refractivity contribution in [2.45, 2.75) is 18.8 Å². The molecule has 1 fully saturated rings. The number of nitrogens with zero attached hydrogens (tertiary/aromatic N) is 3. The lowest BCUT2D eigenvalue weighted by atomic mass is 9.86. The van der Waals surface area contributed by atoms with Crippen LogP contribution in [0.2, 0.25) is 0 Å². The number of rotatable bonds is 8. The predicted molar refractivity (Wildman–Crippen MR) is 130 cm³/mol. The molecule has 1 unspecified atom stereocenters. The first-order valence-electron chi connectivity index (χ1n) is 11.8. The van der Waals surface area contributed by atoms with E-state index in [0.29, 0.717) is 23.4 Å². The number of piperazine rings is 1. The van der Waals surface area contributed by atoms with E-state index >= 15 is 0 Å². The van der Waals surface area contributed by atoms with Crippen molar-refractivity contribution in [3.8, 4) is 0 Å². The van der Waals surface area contributed by atoms with Crippen molar-refractivity contribution in [3.63, 3.8) is 0 Å². The molecule has 180 valence electrons. The lowest BCUT2D eigenvalue weighted by molar-refractivity contribution is -0.137. The lowest BCUT2D eigenvalue weighted by Crippen LogP contribution is -2.45. The zero-order valence-corrected chi connectivity index (χ0v) is 19.6. The highest BCUT2D eigenvalue weighted by Gasteiger charge is 2.34. The maximum atomic E-state index is 13.5. The minimum atomic E-state index is -0.936. The summed E-state index contributed by atoms with van der Waals surface area (Å²) in [5, 5.41) is 12.5. The fourth-order valence-electron chi connectivity index (χ4n) is 4.80. The molecule has 2 amide bonds. The average Bonchev–Trinajstić information content (AvgIpc) is 2.92. The van der Waals surface area contributed by atoms with E-state index in [1.54, 1.807) is 30.3 Å². The first kappa shape index (κ1) is 23.9. The number of amides is 2. The Labute approximate surface area is 200 Å². The van der Waals surface area contributed by atoms with Crippen LogP contribution in [-0.2, 0) is 9.59 Å². The van der Waals surface area contributed by atoms with Gasteiger partial charge in [0, 0.05) is 49.9 Å². The molecule has 0 aliphatic carbocycles. The van der Waals surface area contributed by atoms with Crippen LogP contribution in [0.5, 0.6) is 0 Å². The van der Waals surface area contributed by atoms with Crippen molar-refractivity contribution < 1.29 is 19.5 Å². The van der Waals surface area contributed by atoms with E-state index in [9.17, 15) is 19.5 Å². The molecule has 0 radical (unpaired) electrons. The number of aliphatic carboxylic acids is 1. The molecule has 0 aromatic heterocycles. The number of fused-ring (bicyclic) bond motifs is 2. The van der Waals surface area contributed by atoms with Crippen molar-refractivity contribution in [1.29, 1.82) is 0 Å². The molecule has 0 bridgehead atoms. The fourth-order valence-corrected chi connectivity index (χ4v) is 4.80. The fraction of sp³-hybridized carbons (Fsp3) is 0.423. The Balaban J connectivity index is 1.47. The number of benzene rings is 2. The third-order valence-corrected chi connectivity index (χ3v) is 6.66. The van der Waals surface area contributed by atoms with Crippen molar-refractivity contribution in [3.05, 3.63) is 65.2 Å². The Morgan fingerprint density at radius 3 is 2.41 bits per heavy atom. The first-order chi connectivity index (χ1) is 16.4. The second-order valence-electron chi connectivity index (χ2n) is 9.04. The summed E-state index contributed by atoms with van der Waals surface area (Å²) in [6.07, 6.45) is 0.719. The Bertz CT molecular complexity index is 1050. The first-order valence-corrected chi connectivity index (χ1v) is 11.8. The van der Waals surface area contributed by atoms with Gasteiger partial charge in [0.15, 0.2) is 0 Å². The molecule has 34 heavy (non-hydrogen) atoms. The third kappa shape index (κ3) is 5.46. The number of hydrogen-bond acceptors (Lipinski definition) is 5. The summed E-state index contributed by atoms with van der Waals surface area (Å²) in [7, 11) is 2.13. The SMILES string of the molecule is CN1CCN(CCCNC(=O)CN2C(=O)c3ccccc3C(CC(=O)O)c3ccccc32)CC1. The molecule has 2 aromatic carbocycles. The molecule has 2 aromatic rings. The van der Waals surface area contributed by atoms with E-state index in [2.05, 4.69) is 22.2 Å². The van der Waals surface area contributed by atoms with Crippen LogP contribution in [0.4, 0.5) is 5.69 Å². The van der Waals surface area contributed by atoms with Crippen LogP contribution in [-0.4, -0.2) is 85.6 Å². The van der Waals surface area contributed by atoms with Gasteiger partial charge in [-0.2, -0.15) is 0 Å². The summed E-state index contributed by atoms with van der Waals surface area (Å²) in [5.74, 6) is -1.92. The predicted octanol–water partition coefficient (Wildman–Crippen LogP) is 2.01. The third-order valence-electron chi connectivity index (χ3n) is 6.66. The van der Waals surface area contributed by atoms with Crippen LogP contribution < -0.4 is 10.2 Å². The van der Waals surface area contributed by atoms with Gasteiger partial charge < -0.3 is 20.2 Å². The van der Waals surface area contributed by atoms with Crippen molar-refractivity contribution in [2.24, 2.45) is 0 Å². The van der Waals surface area contributed by atoms with E-state index in [0.717, 1.165) is 44.7 Å². The van der Waals surface area contributed by atoms with Crippen LogP contribution in [0.25, 0.3) is 0 Å². The van der Waals surface area contributed by atoms with Crippen LogP contribution in [0, 0.1) is 0 Å². The second-order valence-corrected chi connectivity index (χ2v) is 9.04. The molecule has 2 aliphatic rings. The van der Waals surface area contributed by atoms with Crippen LogP contribution >= 0.6 is 0 Å². The normalized spacial score (nSPS) is 18.7. The molecule has 8 heteroatoms. The molecule has 2 aliphatic heterocycles. The Hall–Kier alpha value is -3.23. The maximum absolute atomic E-state index is 13.5. The van der Waals surface area contributed by atoms with Gasteiger partial charge in [-0.1, -0.05) is 36.4 Å². The highest BCUT2D eigenvalue weighted by molar-refractivity contribution is 6.11. The van der Waals surface area contributed by atoms with E-state index in [1.807, 2.05) is 18.2 Å². The van der Waals surface area contributed by atoms with Crippen LogP contribution in [0.1, 0.15) is 40.2 Å². The maximum Gasteiger partial charge on any atom is 0.304 e. The molecule has 1 saturated heterocycles. The number of nitrogens with one attached hydrogen (secondary N) is 1. The summed E-state index contributed by atoms with van der Waals surface area (Å²) in [4.78, 5) is 44.2. The number of carbonyl (C=O) groups excluding carboxylic acids is 2. The van der Waals surface area contributed by atoms with Gasteiger partial charge in [0.25, 0.3) is 5.91 Å². The number of carboxylic acid groups (broad SMARTS) is 1. The highest BCUT2D eigenvalue weighted by atomic mass is 16.4. The molecule has 2 N–H and O–H groups in total. The monoisotopic (exact) mass is 464 g/mol. The van der Waals surface area contributed by atoms with Crippen LogP contribution in [0.3, 0.4) is 0 Å². The number of para-hydroxylation sites is 1. The Morgan fingerprint density at radius 1 is 1.00 bits per heavy atom. The largest absolute Gasteiger partial charge is 0.481 e. The van der Waals surface area contributed by atoms with E-state index in [1.165, 1.54) is 4.90 Å². The number of hydrogen-bond donors (Lipinski definition) is 2. The summed E-state index contributed by atoms with van der Waals surface area (Å²) in [5.41, 5.74) is 2.44. The zero-order valence-electron chi connectivity index (χ0n) is 19.6. The number of likely N-dealkylation sites (N-methyl/N-ethyl adjacent to an activating group) is 1. The van der Waals surface area contributed by atoms with Gasteiger partial charge in [0.05, 0.1) is 6.42 Å². The average molecular weight is 465 g/mol. The molecular formula is C26H32N4O4. The zero-order chi connectivity index (χ0) is 24.1. The van der Waals surface area contributed by atoms with E-state index in [4.69, 9.17) is 0 Å². The Kier molecular flexibility index (Phi) is 7.59. The van der Waals surface area contributed by atoms with Crippen molar-refractivity contribution >= 4 is 23.5 Å². The van der Waals surface area contributed by atoms with Crippen LogP contribution in [0.15, 0.2) is 48.5 Å². The smallest absolute Gasteiger partial charge is 0.304 e. The van der Waals surface area contributed by atoms with Gasteiger partial charge in [-0.3, -0.25) is 19.3 Å². The molecule has 0 saturated carbocycles. The number of carboxylic acids is 1. The van der Waals surface area contributed by atoms with Gasteiger partial charge in [-0.25, -0.2) is 0 Å². The minimum absolute atomic E-state index is 0.113. The molecule has 0 spiro atoms. The molecule has 1 atom stereocenters. The van der Waals surface area contributed by atoms with Crippen molar-refractivity contribution in [1.82, 2.24) is 15.1 Å². The molecule has 8 nitrogen and oxygen atoms in total. The topological polar surface area (TPSA) is 93.2 Å². The van der Waals surface area contributed by atoms with Gasteiger partial charge >= 0.3 is 5.97 Å². The standard InChI is InChI=1S/C26H32N4O4/c1-28-13-15-29(16-14-28)12-6-11-27-24(31)18-30-23-10-5-4-8-20(23)22(17-25(32)33)19-7-2-3-9-21(19)26(30)34/h2-5,7-10,22H,6,11-18H2,1H3,(H,27,31)(H,32,33). The van der Waals surface area contributed by atoms with Gasteiger partial charge in [0.1, 0.15) is 6.54 Å². The Morgan fingerprint density at radius 2 is 1.68 bits per heavy atom. The quantitative estimate of drug-likeness (QED) is 0.581.